The van der Waals surface area contributed by atoms with Gasteiger partial charge in [0.2, 0.25) is 0 Å². The molecule has 0 aliphatic carbocycles. The number of hydrogen-bond donors (Lipinski definition) is 2. The van der Waals surface area contributed by atoms with Gasteiger partial charge < -0.3 is 24.5 Å². The SMILES string of the molecule is COc1cccc(C(NCC(O)COc2ccc(C(C)C)c(C)c2)c2nccn2C)c1. The van der Waals surface area contributed by atoms with Crippen LogP contribution in [0.4, 0.5) is 0 Å². The summed E-state index contributed by atoms with van der Waals surface area (Å²) < 4.78 is 13.2. The molecule has 6 heteroatoms. The molecule has 2 aromatic carbocycles. The van der Waals surface area contributed by atoms with Gasteiger partial charge in [-0.3, -0.25) is 0 Å². The molecule has 0 amide bonds. The van der Waals surface area contributed by atoms with Crippen molar-refractivity contribution in [3.63, 3.8) is 0 Å². The van der Waals surface area contributed by atoms with Crippen LogP contribution >= 0.6 is 0 Å². The lowest BCUT2D eigenvalue weighted by molar-refractivity contribution is 0.104. The first kappa shape index (κ1) is 22.8. The first-order valence-corrected chi connectivity index (χ1v) is 10.6. The second-order valence-corrected chi connectivity index (χ2v) is 8.15. The van der Waals surface area contributed by atoms with Crippen molar-refractivity contribution in [3.05, 3.63) is 77.4 Å². The van der Waals surface area contributed by atoms with E-state index in [0.717, 1.165) is 22.9 Å². The van der Waals surface area contributed by atoms with E-state index in [1.54, 1.807) is 13.3 Å². The van der Waals surface area contributed by atoms with Crippen molar-refractivity contribution in [2.45, 2.75) is 38.8 Å². The number of aryl methyl sites for hydroxylation is 2. The summed E-state index contributed by atoms with van der Waals surface area (Å²) >= 11 is 0. The first-order valence-electron chi connectivity index (χ1n) is 10.6. The highest BCUT2D eigenvalue weighted by Crippen LogP contribution is 2.25. The molecule has 0 spiro atoms. The highest BCUT2D eigenvalue weighted by molar-refractivity contribution is 5.36. The Morgan fingerprint density at radius 3 is 2.58 bits per heavy atom. The second-order valence-electron chi connectivity index (χ2n) is 8.15. The second kappa shape index (κ2) is 10.5. The Labute approximate surface area is 184 Å². The van der Waals surface area contributed by atoms with Crippen molar-refractivity contribution in [2.24, 2.45) is 7.05 Å². The molecule has 1 heterocycles. The van der Waals surface area contributed by atoms with Crippen LogP contribution in [0.2, 0.25) is 0 Å². The van der Waals surface area contributed by atoms with Crippen LogP contribution in [0.1, 0.15) is 48.3 Å². The Morgan fingerprint density at radius 1 is 1.13 bits per heavy atom. The summed E-state index contributed by atoms with van der Waals surface area (Å²) in [5.74, 6) is 2.89. The largest absolute Gasteiger partial charge is 0.497 e. The molecule has 0 saturated carbocycles. The highest BCUT2D eigenvalue weighted by atomic mass is 16.5. The third-order valence-electron chi connectivity index (χ3n) is 5.41. The third kappa shape index (κ3) is 5.87. The summed E-state index contributed by atoms with van der Waals surface area (Å²) in [5, 5.41) is 14.0. The number of benzene rings is 2. The molecule has 2 unspecified atom stereocenters. The van der Waals surface area contributed by atoms with Crippen LogP contribution in [0.3, 0.4) is 0 Å². The van der Waals surface area contributed by atoms with E-state index in [1.165, 1.54) is 11.1 Å². The number of rotatable bonds is 10. The van der Waals surface area contributed by atoms with Crippen LogP contribution in [0.25, 0.3) is 0 Å². The van der Waals surface area contributed by atoms with Gasteiger partial charge >= 0.3 is 0 Å². The van der Waals surface area contributed by atoms with Gasteiger partial charge in [-0.25, -0.2) is 4.98 Å². The van der Waals surface area contributed by atoms with Crippen molar-refractivity contribution < 1.29 is 14.6 Å². The number of imidazole rings is 1. The average Bonchev–Trinajstić information content (AvgIpc) is 3.18. The van der Waals surface area contributed by atoms with Crippen LogP contribution in [0, 0.1) is 6.92 Å². The maximum atomic E-state index is 10.5. The smallest absolute Gasteiger partial charge is 0.130 e. The zero-order chi connectivity index (χ0) is 22.4. The number of aliphatic hydroxyl groups is 1. The molecule has 2 N–H and O–H groups in total. The fourth-order valence-corrected chi connectivity index (χ4v) is 3.73. The molecule has 6 nitrogen and oxygen atoms in total. The van der Waals surface area contributed by atoms with E-state index in [1.807, 2.05) is 54.2 Å². The summed E-state index contributed by atoms with van der Waals surface area (Å²) in [6.07, 6.45) is 3.01. The lowest BCUT2D eigenvalue weighted by Crippen LogP contribution is -2.35. The minimum Gasteiger partial charge on any atom is -0.497 e. The molecule has 0 saturated heterocycles. The highest BCUT2D eigenvalue weighted by Gasteiger charge is 2.20. The van der Waals surface area contributed by atoms with Gasteiger partial charge in [-0.2, -0.15) is 0 Å². The number of methoxy groups -OCH3 is 1. The lowest BCUT2D eigenvalue weighted by Gasteiger charge is -2.22. The van der Waals surface area contributed by atoms with Crippen molar-refractivity contribution in [1.82, 2.24) is 14.9 Å². The molecule has 0 bridgehead atoms. The van der Waals surface area contributed by atoms with Crippen molar-refractivity contribution in [1.29, 1.82) is 0 Å². The number of ether oxygens (including phenoxy) is 2. The summed E-state index contributed by atoms with van der Waals surface area (Å²) in [7, 11) is 3.61. The van der Waals surface area contributed by atoms with Gasteiger partial charge in [0.25, 0.3) is 0 Å². The third-order valence-corrected chi connectivity index (χ3v) is 5.41. The van der Waals surface area contributed by atoms with Crippen LogP contribution in [-0.2, 0) is 7.05 Å². The van der Waals surface area contributed by atoms with Gasteiger partial charge in [0.15, 0.2) is 0 Å². The minimum atomic E-state index is -0.668. The van der Waals surface area contributed by atoms with Gasteiger partial charge in [0.05, 0.1) is 13.2 Å². The number of hydrogen-bond acceptors (Lipinski definition) is 5. The summed E-state index contributed by atoms with van der Waals surface area (Å²) in [6.45, 7) is 7.01. The Hall–Kier alpha value is -2.83. The van der Waals surface area contributed by atoms with Crippen LogP contribution in [0.5, 0.6) is 11.5 Å². The van der Waals surface area contributed by atoms with Crippen LogP contribution in [-0.4, -0.2) is 41.0 Å². The molecule has 1 aromatic heterocycles. The van der Waals surface area contributed by atoms with Gasteiger partial charge in [-0.1, -0.05) is 32.0 Å². The normalized spacial score (nSPS) is 13.3. The number of aliphatic hydroxyl groups excluding tert-OH is 1. The number of aromatic nitrogens is 2. The topological polar surface area (TPSA) is 68.5 Å². The molecule has 0 radical (unpaired) electrons. The Morgan fingerprint density at radius 2 is 1.94 bits per heavy atom. The predicted octanol–water partition coefficient (Wildman–Crippen LogP) is 3.98. The molecule has 0 aliphatic rings. The summed E-state index contributed by atoms with van der Waals surface area (Å²) in [4.78, 5) is 4.50. The molecule has 2 atom stereocenters. The molecular weight excluding hydrogens is 390 g/mol. The van der Waals surface area contributed by atoms with Crippen LogP contribution in [0.15, 0.2) is 54.9 Å². The zero-order valence-corrected chi connectivity index (χ0v) is 19.0. The van der Waals surface area contributed by atoms with Crippen molar-refractivity contribution >= 4 is 0 Å². The monoisotopic (exact) mass is 423 g/mol. The molecule has 0 fully saturated rings. The fraction of sp³-hybridized carbons (Fsp3) is 0.400. The van der Waals surface area contributed by atoms with E-state index in [-0.39, 0.29) is 12.6 Å². The maximum Gasteiger partial charge on any atom is 0.130 e. The zero-order valence-electron chi connectivity index (χ0n) is 19.0. The fourth-order valence-electron chi connectivity index (χ4n) is 3.73. The summed E-state index contributed by atoms with van der Waals surface area (Å²) in [6, 6.07) is 13.8. The molecule has 31 heavy (non-hydrogen) atoms. The molecule has 0 aliphatic heterocycles. The Kier molecular flexibility index (Phi) is 7.71. The lowest BCUT2D eigenvalue weighted by atomic mass is 9.98. The van der Waals surface area contributed by atoms with Crippen molar-refractivity contribution in [3.8, 4) is 11.5 Å². The van der Waals surface area contributed by atoms with E-state index < -0.39 is 6.10 Å². The maximum absolute atomic E-state index is 10.5. The van der Waals surface area contributed by atoms with Gasteiger partial charge in [-0.05, 0) is 53.8 Å². The van der Waals surface area contributed by atoms with E-state index in [0.29, 0.717) is 12.5 Å². The van der Waals surface area contributed by atoms with E-state index in [2.05, 4.69) is 37.1 Å². The predicted molar refractivity (Wildman–Crippen MR) is 123 cm³/mol. The standard InChI is InChI=1S/C25H33N3O3/c1-17(2)23-10-9-22(13-18(23)3)31-16-20(29)15-27-24(25-26-11-12-28(25)4)19-7-6-8-21(14-19)30-5/h6-14,17,20,24,27,29H,15-16H2,1-5H3. The van der Waals surface area contributed by atoms with Gasteiger partial charge in [0.1, 0.15) is 30.0 Å². The Bertz CT molecular complexity index is 984. The van der Waals surface area contributed by atoms with E-state index in [9.17, 15) is 5.11 Å². The Balaban J connectivity index is 1.64. The average molecular weight is 424 g/mol. The van der Waals surface area contributed by atoms with Crippen molar-refractivity contribution in [2.75, 3.05) is 20.3 Å². The summed E-state index contributed by atoms with van der Waals surface area (Å²) in [5.41, 5.74) is 3.53. The minimum absolute atomic E-state index is 0.183. The molecule has 3 rings (SSSR count). The number of nitrogens with one attached hydrogen (secondary N) is 1. The van der Waals surface area contributed by atoms with E-state index >= 15 is 0 Å². The van der Waals surface area contributed by atoms with Crippen LogP contribution < -0.4 is 14.8 Å². The van der Waals surface area contributed by atoms with Gasteiger partial charge in [-0.15, -0.1) is 0 Å². The first-order chi connectivity index (χ1) is 14.9. The molecule has 166 valence electrons. The van der Waals surface area contributed by atoms with E-state index in [4.69, 9.17) is 9.47 Å². The molecule has 3 aromatic rings. The number of nitrogens with zero attached hydrogens (tertiary/aromatic N) is 2. The quantitative estimate of drug-likeness (QED) is 0.516. The van der Waals surface area contributed by atoms with Gasteiger partial charge in [0, 0.05) is 26.0 Å². The molecular formula is C25H33N3O3.